The Morgan fingerprint density at radius 2 is 2.13 bits per heavy atom. The summed E-state index contributed by atoms with van der Waals surface area (Å²) in [6.45, 7) is 5.47. The van der Waals surface area contributed by atoms with E-state index in [4.69, 9.17) is 5.26 Å². The van der Waals surface area contributed by atoms with E-state index in [2.05, 4.69) is 6.07 Å². The van der Waals surface area contributed by atoms with E-state index in [1.54, 1.807) is 0 Å². The molecule has 1 fully saturated rings. The van der Waals surface area contributed by atoms with Crippen molar-refractivity contribution in [2.24, 2.45) is 11.8 Å². The minimum absolute atomic E-state index is 0.0231. The highest BCUT2D eigenvalue weighted by Crippen LogP contribution is 2.17. The quantitative estimate of drug-likeness (QED) is 0.720. The van der Waals surface area contributed by atoms with Crippen LogP contribution < -0.4 is 0 Å². The first-order valence-electron chi connectivity index (χ1n) is 5.43. The zero-order valence-electron chi connectivity index (χ0n) is 9.40. The zero-order chi connectivity index (χ0) is 11.3. The van der Waals surface area contributed by atoms with Gasteiger partial charge in [-0.25, -0.2) is 0 Å². The number of carbonyl (C=O) groups is 1. The van der Waals surface area contributed by atoms with Crippen molar-refractivity contribution in [3.8, 4) is 6.07 Å². The lowest BCUT2D eigenvalue weighted by Gasteiger charge is -2.24. The molecule has 0 radical (unpaired) electrons. The Kier molecular flexibility index (Phi) is 4.97. The van der Waals surface area contributed by atoms with Crippen molar-refractivity contribution in [3.63, 3.8) is 0 Å². The number of carbonyl (C=O) groups excluding carboxylic acids is 1. The molecule has 0 aliphatic carbocycles. The predicted molar refractivity (Wildman–Crippen MR) is 62.5 cm³/mol. The van der Waals surface area contributed by atoms with E-state index in [1.165, 1.54) is 0 Å². The van der Waals surface area contributed by atoms with Gasteiger partial charge >= 0.3 is 0 Å². The molecule has 0 N–H and O–H groups in total. The van der Waals surface area contributed by atoms with Crippen LogP contribution in [0.5, 0.6) is 0 Å². The van der Waals surface area contributed by atoms with E-state index in [0.717, 1.165) is 31.0 Å². The van der Waals surface area contributed by atoms with Gasteiger partial charge in [0.1, 0.15) is 5.92 Å². The summed E-state index contributed by atoms with van der Waals surface area (Å²) in [6.07, 6.45) is 1.05. The second-order valence-electron chi connectivity index (χ2n) is 4.14. The second-order valence-corrected chi connectivity index (χ2v) is 5.37. The van der Waals surface area contributed by atoms with Crippen LogP contribution in [-0.2, 0) is 4.79 Å². The van der Waals surface area contributed by atoms with E-state index in [1.807, 2.05) is 30.5 Å². The fourth-order valence-electron chi connectivity index (χ4n) is 1.65. The molecule has 1 aliphatic rings. The minimum Gasteiger partial charge on any atom is -0.341 e. The molecule has 84 valence electrons. The summed E-state index contributed by atoms with van der Waals surface area (Å²) in [5, 5.41) is 8.97. The Bertz CT molecular complexity index is 252. The summed E-state index contributed by atoms with van der Waals surface area (Å²) in [7, 11) is 0. The number of nitriles is 1. The average Bonchev–Trinajstić information content (AvgIpc) is 2.45. The molecule has 0 saturated carbocycles. The Morgan fingerprint density at radius 3 is 2.73 bits per heavy atom. The lowest BCUT2D eigenvalue weighted by molar-refractivity contribution is -0.134. The molecule has 1 unspecified atom stereocenters. The predicted octanol–water partition coefficient (Wildman–Crippen LogP) is 1.75. The van der Waals surface area contributed by atoms with E-state index in [0.29, 0.717) is 0 Å². The van der Waals surface area contributed by atoms with Gasteiger partial charge < -0.3 is 4.90 Å². The van der Waals surface area contributed by atoms with Gasteiger partial charge in [0, 0.05) is 18.8 Å². The number of nitrogens with zero attached hydrogens (tertiary/aromatic N) is 2. The van der Waals surface area contributed by atoms with Crippen molar-refractivity contribution in [1.29, 1.82) is 5.26 Å². The Morgan fingerprint density at radius 1 is 1.40 bits per heavy atom. The standard InChI is InChI=1S/C11H18N2OS/c1-9(2)10(8-12)11(14)13-4-3-6-15-7-5-13/h9-10H,3-7H2,1-2H3. The van der Waals surface area contributed by atoms with Gasteiger partial charge in [0.05, 0.1) is 6.07 Å². The summed E-state index contributed by atoms with van der Waals surface area (Å²) in [5.74, 6) is 1.80. The summed E-state index contributed by atoms with van der Waals surface area (Å²) in [5.41, 5.74) is 0. The molecule has 1 aliphatic heterocycles. The molecule has 3 nitrogen and oxygen atoms in total. The molecule has 1 saturated heterocycles. The molecule has 15 heavy (non-hydrogen) atoms. The maximum atomic E-state index is 12.0. The molecule has 0 bridgehead atoms. The van der Waals surface area contributed by atoms with Crippen molar-refractivity contribution < 1.29 is 4.79 Å². The van der Waals surface area contributed by atoms with Crippen LogP contribution in [0.1, 0.15) is 20.3 Å². The summed E-state index contributed by atoms with van der Waals surface area (Å²) < 4.78 is 0. The molecular formula is C11H18N2OS. The lowest BCUT2D eigenvalue weighted by Crippen LogP contribution is -2.39. The first-order valence-corrected chi connectivity index (χ1v) is 6.58. The zero-order valence-corrected chi connectivity index (χ0v) is 10.2. The van der Waals surface area contributed by atoms with Crippen LogP contribution >= 0.6 is 11.8 Å². The smallest absolute Gasteiger partial charge is 0.240 e. The molecule has 0 spiro atoms. The van der Waals surface area contributed by atoms with Crippen LogP contribution in [0.2, 0.25) is 0 Å². The molecule has 0 aromatic carbocycles. The van der Waals surface area contributed by atoms with Crippen molar-refractivity contribution in [2.75, 3.05) is 24.6 Å². The fraction of sp³-hybridized carbons (Fsp3) is 0.818. The van der Waals surface area contributed by atoms with Gasteiger partial charge in [0.15, 0.2) is 0 Å². The molecular weight excluding hydrogens is 208 g/mol. The SMILES string of the molecule is CC(C)C(C#N)C(=O)N1CCCSCC1. The fourth-order valence-corrected chi connectivity index (χ4v) is 2.54. The number of amides is 1. The van der Waals surface area contributed by atoms with Gasteiger partial charge in [0.2, 0.25) is 5.91 Å². The Balaban J connectivity index is 2.61. The van der Waals surface area contributed by atoms with Crippen molar-refractivity contribution in [1.82, 2.24) is 4.90 Å². The topological polar surface area (TPSA) is 44.1 Å². The Hall–Kier alpha value is -0.690. The van der Waals surface area contributed by atoms with Gasteiger partial charge in [0.25, 0.3) is 0 Å². The van der Waals surface area contributed by atoms with Crippen LogP contribution in [0.3, 0.4) is 0 Å². The highest BCUT2D eigenvalue weighted by atomic mass is 32.2. The normalized spacial score (nSPS) is 19.5. The van der Waals surface area contributed by atoms with E-state index < -0.39 is 5.92 Å². The van der Waals surface area contributed by atoms with Crippen molar-refractivity contribution in [3.05, 3.63) is 0 Å². The minimum atomic E-state index is -0.465. The van der Waals surface area contributed by atoms with Gasteiger partial charge in [-0.1, -0.05) is 13.8 Å². The molecule has 0 aromatic heterocycles. The third kappa shape index (κ3) is 3.42. The Labute approximate surface area is 95.8 Å². The summed E-state index contributed by atoms with van der Waals surface area (Å²) in [6, 6.07) is 2.12. The highest BCUT2D eigenvalue weighted by Gasteiger charge is 2.27. The summed E-state index contributed by atoms with van der Waals surface area (Å²) in [4.78, 5) is 13.9. The van der Waals surface area contributed by atoms with Gasteiger partial charge in [-0.3, -0.25) is 4.79 Å². The van der Waals surface area contributed by atoms with Crippen molar-refractivity contribution in [2.45, 2.75) is 20.3 Å². The van der Waals surface area contributed by atoms with Gasteiger partial charge in [-0.2, -0.15) is 17.0 Å². The van der Waals surface area contributed by atoms with Gasteiger partial charge in [-0.05, 0) is 18.1 Å². The van der Waals surface area contributed by atoms with Crippen LogP contribution in [0, 0.1) is 23.2 Å². The van der Waals surface area contributed by atoms with E-state index in [-0.39, 0.29) is 11.8 Å². The molecule has 4 heteroatoms. The molecule has 1 rings (SSSR count). The number of hydrogen-bond donors (Lipinski definition) is 0. The maximum absolute atomic E-state index is 12.0. The molecule has 1 atom stereocenters. The van der Waals surface area contributed by atoms with Crippen LogP contribution in [0.15, 0.2) is 0 Å². The molecule has 0 aromatic rings. The first kappa shape index (κ1) is 12.4. The average molecular weight is 226 g/mol. The molecule has 1 heterocycles. The van der Waals surface area contributed by atoms with Crippen LogP contribution in [0.4, 0.5) is 0 Å². The lowest BCUT2D eigenvalue weighted by atomic mass is 9.96. The second kappa shape index (κ2) is 6.02. The number of hydrogen-bond acceptors (Lipinski definition) is 3. The van der Waals surface area contributed by atoms with E-state index >= 15 is 0 Å². The van der Waals surface area contributed by atoms with Crippen LogP contribution in [0.25, 0.3) is 0 Å². The van der Waals surface area contributed by atoms with Crippen molar-refractivity contribution >= 4 is 17.7 Å². The van der Waals surface area contributed by atoms with Gasteiger partial charge in [-0.15, -0.1) is 0 Å². The first-order chi connectivity index (χ1) is 7.16. The number of thioether (sulfide) groups is 1. The maximum Gasteiger partial charge on any atom is 0.240 e. The van der Waals surface area contributed by atoms with Crippen LogP contribution in [-0.4, -0.2) is 35.4 Å². The third-order valence-electron chi connectivity index (χ3n) is 2.61. The third-order valence-corrected chi connectivity index (χ3v) is 3.65. The largest absolute Gasteiger partial charge is 0.341 e. The molecule has 1 amide bonds. The van der Waals surface area contributed by atoms with E-state index in [9.17, 15) is 4.79 Å². The monoisotopic (exact) mass is 226 g/mol. The highest BCUT2D eigenvalue weighted by molar-refractivity contribution is 7.99. The number of rotatable bonds is 2. The summed E-state index contributed by atoms with van der Waals surface area (Å²) >= 11 is 1.89.